The molecule has 26 heavy (non-hydrogen) atoms. The molecule has 0 aliphatic rings. The Morgan fingerprint density at radius 1 is 1.23 bits per heavy atom. The number of rotatable bonds is 4. The molecule has 0 aliphatic carbocycles. The first kappa shape index (κ1) is 17.7. The molecule has 3 aromatic rings. The third kappa shape index (κ3) is 3.44. The van der Waals surface area contributed by atoms with E-state index in [0.29, 0.717) is 16.1 Å². The van der Waals surface area contributed by atoms with Crippen molar-refractivity contribution < 1.29 is 4.79 Å². The molecule has 0 bridgehead atoms. The summed E-state index contributed by atoms with van der Waals surface area (Å²) in [5.74, 6) is -0.301. The summed E-state index contributed by atoms with van der Waals surface area (Å²) in [4.78, 5) is 16.9. The van der Waals surface area contributed by atoms with Gasteiger partial charge in [0.25, 0.3) is 0 Å². The quantitative estimate of drug-likeness (QED) is 0.376. The molecule has 0 saturated heterocycles. The van der Waals surface area contributed by atoms with E-state index in [0.717, 1.165) is 17.1 Å². The molecule has 0 unspecified atom stereocenters. The highest BCUT2D eigenvalue weighted by Gasteiger charge is 2.20. The molecule has 4 nitrogen and oxygen atoms in total. The summed E-state index contributed by atoms with van der Waals surface area (Å²) in [6.07, 6.45) is 4.82. The van der Waals surface area contributed by atoms with Crippen molar-refractivity contribution in [1.82, 2.24) is 9.55 Å². The number of carbonyl (C=O) groups is 1. The molecule has 2 heterocycles. The molecule has 0 radical (unpaired) electrons. The zero-order chi connectivity index (χ0) is 18.7. The largest absolute Gasteiger partial charge is 0.318 e. The summed E-state index contributed by atoms with van der Waals surface area (Å²) < 4.78 is 1.97. The van der Waals surface area contributed by atoms with Gasteiger partial charge in [-0.1, -0.05) is 17.7 Å². The van der Waals surface area contributed by atoms with Crippen LogP contribution >= 0.6 is 11.6 Å². The van der Waals surface area contributed by atoms with Gasteiger partial charge in [-0.2, -0.15) is 5.26 Å². The molecule has 5 heteroatoms. The van der Waals surface area contributed by atoms with Crippen molar-refractivity contribution in [3.8, 4) is 11.8 Å². The fourth-order valence-electron chi connectivity index (χ4n) is 2.90. The number of ketones is 1. The van der Waals surface area contributed by atoms with E-state index in [1.54, 1.807) is 48.8 Å². The van der Waals surface area contributed by atoms with Crippen LogP contribution in [0, 0.1) is 25.2 Å². The number of halogens is 1. The lowest BCUT2D eigenvalue weighted by molar-refractivity contribution is 0.103. The first-order valence-electron chi connectivity index (χ1n) is 8.02. The number of hydrogen-bond donors (Lipinski definition) is 0. The Bertz CT molecular complexity index is 1030. The number of Topliss-reactive ketones (excluding diaryl/α,β-unsaturated/α-hetero) is 1. The van der Waals surface area contributed by atoms with E-state index >= 15 is 0 Å². The van der Waals surface area contributed by atoms with E-state index in [9.17, 15) is 10.1 Å². The van der Waals surface area contributed by atoms with Gasteiger partial charge >= 0.3 is 0 Å². The van der Waals surface area contributed by atoms with E-state index in [4.69, 9.17) is 11.6 Å². The minimum absolute atomic E-state index is 0.0781. The maximum Gasteiger partial charge on any atom is 0.205 e. The summed E-state index contributed by atoms with van der Waals surface area (Å²) in [7, 11) is 0. The number of benzene rings is 1. The van der Waals surface area contributed by atoms with Gasteiger partial charge in [0.1, 0.15) is 11.6 Å². The Kier molecular flexibility index (Phi) is 5.01. The Hall–Kier alpha value is -3.16. The first-order valence-corrected chi connectivity index (χ1v) is 8.40. The van der Waals surface area contributed by atoms with Crippen LogP contribution in [0.5, 0.6) is 0 Å². The van der Waals surface area contributed by atoms with Gasteiger partial charge in [-0.15, -0.1) is 0 Å². The minimum Gasteiger partial charge on any atom is -0.318 e. The number of carbonyl (C=O) groups excluding carboxylic acids is 1. The molecule has 0 aliphatic heterocycles. The summed E-state index contributed by atoms with van der Waals surface area (Å²) in [5, 5.41) is 10.1. The fourth-order valence-corrected chi connectivity index (χ4v) is 3.03. The van der Waals surface area contributed by atoms with Crippen molar-refractivity contribution in [1.29, 1.82) is 5.26 Å². The molecule has 0 N–H and O–H groups in total. The highest BCUT2D eigenvalue weighted by atomic mass is 35.5. The maximum absolute atomic E-state index is 12.9. The van der Waals surface area contributed by atoms with Crippen LogP contribution in [0.2, 0.25) is 5.02 Å². The predicted octanol–water partition coefficient (Wildman–Crippen LogP) is 4.93. The number of nitriles is 1. The van der Waals surface area contributed by atoms with Gasteiger partial charge in [-0.05, 0) is 61.9 Å². The topological polar surface area (TPSA) is 58.7 Å². The van der Waals surface area contributed by atoms with E-state index in [2.05, 4.69) is 4.98 Å². The molecular weight excluding hydrogens is 346 g/mol. The van der Waals surface area contributed by atoms with Gasteiger partial charge in [0.05, 0.1) is 0 Å². The second kappa shape index (κ2) is 7.38. The van der Waals surface area contributed by atoms with Crippen LogP contribution in [-0.2, 0) is 0 Å². The van der Waals surface area contributed by atoms with E-state index in [-0.39, 0.29) is 11.4 Å². The average molecular weight is 362 g/mol. The number of aromatic nitrogens is 2. The Labute approximate surface area is 157 Å². The molecule has 1 aromatic carbocycles. The second-order valence-corrected chi connectivity index (χ2v) is 6.32. The van der Waals surface area contributed by atoms with Crippen LogP contribution < -0.4 is 0 Å². The number of hydrogen-bond acceptors (Lipinski definition) is 3. The molecule has 0 atom stereocenters. The third-order valence-electron chi connectivity index (χ3n) is 4.12. The molecule has 0 amide bonds. The van der Waals surface area contributed by atoms with Crippen molar-refractivity contribution in [2.24, 2.45) is 0 Å². The van der Waals surface area contributed by atoms with E-state index in [1.807, 2.05) is 36.6 Å². The third-order valence-corrected chi connectivity index (χ3v) is 4.37. The van der Waals surface area contributed by atoms with Gasteiger partial charge in [-0.25, -0.2) is 0 Å². The standard InChI is InChI=1S/C21H16ClN3O/c1-14-10-20(15(2)25(14)19-7-5-18(22)6-8-19)21(26)17(12-23)11-16-4-3-9-24-13-16/h3-11,13H,1-2H3/b17-11+. The lowest BCUT2D eigenvalue weighted by Gasteiger charge is -2.10. The number of allylic oxidation sites excluding steroid dienone is 1. The van der Waals surface area contributed by atoms with Crippen LogP contribution in [0.15, 0.2) is 60.4 Å². The van der Waals surface area contributed by atoms with E-state index in [1.165, 1.54) is 0 Å². The summed E-state index contributed by atoms with van der Waals surface area (Å²) in [6, 6.07) is 14.8. The summed E-state index contributed by atoms with van der Waals surface area (Å²) in [5.41, 5.74) is 3.90. The van der Waals surface area contributed by atoms with Crippen molar-refractivity contribution in [3.63, 3.8) is 0 Å². The van der Waals surface area contributed by atoms with Crippen molar-refractivity contribution >= 4 is 23.5 Å². The second-order valence-electron chi connectivity index (χ2n) is 5.88. The highest BCUT2D eigenvalue weighted by Crippen LogP contribution is 2.24. The summed E-state index contributed by atoms with van der Waals surface area (Å²) >= 11 is 5.96. The van der Waals surface area contributed by atoms with Gasteiger partial charge < -0.3 is 4.57 Å². The predicted molar refractivity (Wildman–Crippen MR) is 102 cm³/mol. The van der Waals surface area contributed by atoms with Crippen LogP contribution in [0.1, 0.15) is 27.3 Å². The molecule has 0 spiro atoms. The zero-order valence-electron chi connectivity index (χ0n) is 14.4. The normalized spacial score (nSPS) is 11.2. The molecule has 128 valence electrons. The number of nitrogens with zero attached hydrogens (tertiary/aromatic N) is 3. The SMILES string of the molecule is Cc1cc(C(=O)/C(C#N)=C/c2cccnc2)c(C)n1-c1ccc(Cl)cc1. The van der Waals surface area contributed by atoms with Crippen molar-refractivity contribution in [2.45, 2.75) is 13.8 Å². The first-order chi connectivity index (χ1) is 12.5. The van der Waals surface area contributed by atoms with Crippen LogP contribution in [0.3, 0.4) is 0 Å². The van der Waals surface area contributed by atoms with Gasteiger partial charge in [0.15, 0.2) is 0 Å². The molecule has 2 aromatic heterocycles. The van der Waals surface area contributed by atoms with Crippen LogP contribution in [0.4, 0.5) is 0 Å². The highest BCUT2D eigenvalue weighted by molar-refractivity contribution is 6.30. The number of pyridine rings is 1. The monoisotopic (exact) mass is 361 g/mol. The van der Waals surface area contributed by atoms with Crippen molar-refractivity contribution in [2.75, 3.05) is 0 Å². The lowest BCUT2D eigenvalue weighted by Crippen LogP contribution is -2.05. The Balaban J connectivity index is 2.03. The Morgan fingerprint density at radius 3 is 2.58 bits per heavy atom. The van der Waals surface area contributed by atoms with Crippen LogP contribution in [0.25, 0.3) is 11.8 Å². The Morgan fingerprint density at radius 2 is 1.96 bits per heavy atom. The number of aryl methyl sites for hydroxylation is 1. The molecule has 0 fully saturated rings. The summed E-state index contributed by atoms with van der Waals surface area (Å²) in [6.45, 7) is 3.79. The van der Waals surface area contributed by atoms with Crippen LogP contribution in [-0.4, -0.2) is 15.3 Å². The van der Waals surface area contributed by atoms with Gasteiger partial charge in [-0.3, -0.25) is 9.78 Å². The van der Waals surface area contributed by atoms with E-state index < -0.39 is 0 Å². The fraction of sp³-hybridized carbons (Fsp3) is 0.0952. The lowest BCUT2D eigenvalue weighted by atomic mass is 10.0. The average Bonchev–Trinajstić information content (AvgIpc) is 2.95. The molecule has 3 rings (SSSR count). The molecular formula is C21H16ClN3O. The zero-order valence-corrected chi connectivity index (χ0v) is 15.2. The maximum atomic E-state index is 12.9. The van der Waals surface area contributed by atoms with Gasteiger partial charge in [0, 0.05) is 40.1 Å². The van der Waals surface area contributed by atoms with Gasteiger partial charge in [0.2, 0.25) is 5.78 Å². The minimum atomic E-state index is -0.301. The smallest absolute Gasteiger partial charge is 0.205 e. The van der Waals surface area contributed by atoms with Crippen molar-refractivity contribution in [3.05, 3.63) is 88.0 Å². The molecule has 0 saturated carbocycles.